The van der Waals surface area contributed by atoms with E-state index >= 15 is 0 Å². The standard InChI is InChI=1S/C11H19N3OS/c1-8(7-16-5)13(3)11-10(6-15)9(2)12-14(11)4/h6,8H,7H2,1-5H3. The highest BCUT2D eigenvalue weighted by atomic mass is 32.2. The molecule has 0 bridgehead atoms. The summed E-state index contributed by atoms with van der Waals surface area (Å²) in [5.74, 6) is 1.92. The molecule has 0 saturated carbocycles. The minimum atomic E-state index is 0.378. The molecule has 16 heavy (non-hydrogen) atoms. The minimum absolute atomic E-state index is 0.378. The number of rotatable bonds is 5. The topological polar surface area (TPSA) is 38.1 Å². The van der Waals surface area contributed by atoms with Crippen molar-refractivity contribution in [2.45, 2.75) is 19.9 Å². The molecule has 0 N–H and O–H groups in total. The van der Waals surface area contributed by atoms with Gasteiger partial charge in [0.15, 0.2) is 6.29 Å². The van der Waals surface area contributed by atoms with Gasteiger partial charge in [-0.25, -0.2) is 0 Å². The van der Waals surface area contributed by atoms with E-state index in [1.165, 1.54) is 0 Å². The summed E-state index contributed by atoms with van der Waals surface area (Å²) in [6.45, 7) is 4.01. The third-order valence-electron chi connectivity index (χ3n) is 2.76. The zero-order valence-corrected chi connectivity index (χ0v) is 11.3. The molecular formula is C11H19N3OS. The second-order valence-electron chi connectivity index (χ2n) is 3.98. The molecule has 0 saturated heterocycles. The highest BCUT2D eigenvalue weighted by Crippen LogP contribution is 2.22. The molecule has 0 spiro atoms. The Kier molecular flexibility index (Phi) is 4.41. The van der Waals surface area contributed by atoms with Crippen LogP contribution in [0.1, 0.15) is 23.0 Å². The van der Waals surface area contributed by atoms with E-state index in [0.29, 0.717) is 11.6 Å². The van der Waals surface area contributed by atoms with Crippen LogP contribution in [-0.2, 0) is 7.05 Å². The van der Waals surface area contributed by atoms with Gasteiger partial charge in [-0.3, -0.25) is 9.48 Å². The normalized spacial score (nSPS) is 12.6. The molecule has 1 aromatic heterocycles. The number of thioether (sulfide) groups is 1. The summed E-state index contributed by atoms with van der Waals surface area (Å²) in [6.07, 6.45) is 2.97. The Morgan fingerprint density at radius 1 is 1.62 bits per heavy atom. The average Bonchev–Trinajstić information content (AvgIpc) is 2.52. The lowest BCUT2D eigenvalue weighted by Gasteiger charge is -2.26. The van der Waals surface area contributed by atoms with E-state index in [-0.39, 0.29) is 0 Å². The van der Waals surface area contributed by atoms with Crippen LogP contribution in [0.15, 0.2) is 0 Å². The van der Waals surface area contributed by atoms with Crippen LogP contribution < -0.4 is 4.90 Å². The first-order chi connectivity index (χ1) is 7.52. The zero-order valence-electron chi connectivity index (χ0n) is 10.5. The highest BCUT2D eigenvalue weighted by molar-refractivity contribution is 7.98. The van der Waals surface area contributed by atoms with E-state index in [0.717, 1.165) is 23.6 Å². The first kappa shape index (κ1) is 13.1. The number of carbonyl (C=O) groups is 1. The third-order valence-corrected chi connectivity index (χ3v) is 3.57. The fraction of sp³-hybridized carbons (Fsp3) is 0.636. The van der Waals surface area contributed by atoms with Gasteiger partial charge in [0.1, 0.15) is 5.82 Å². The Morgan fingerprint density at radius 2 is 2.25 bits per heavy atom. The van der Waals surface area contributed by atoms with Gasteiger partial charge in [-0.1, -0.05) is 0 Å². The first-order valence-electron chi connectivity index (χ1n) is 5.23. The molecule has 1 aromatic rings. The van der Waals surface area contributed by atoms with Gasteiger partial charge in [-0.15, -0.1) is 0 Å². The van der Waals surface area contributed by atoms with Gasteiger partial charge in [0.2, 0.25) is 0 Å². The van der Waals surface area contributed by atoms with Gasteiger partial charge in [0, 0.05) is 25.9 Å². The molecule has 1 unspecified atom stereocenters. The lowest BCUT2D eigenvalue weighted by atomic mass is 10.2. The molecule has 90 valence electrons. The molecule has 1 rings (SSSR count). The number of aryl methyl sites for hydroxylation is 2. The first-order valence-corrected chi connectivity index (χ1v) is 6.62. The van der Waals surface area contributed by atoms with Crippen LogP contribution in [0.4, 0.5) is 5.82 Å². The maximum absolute atomic E-state index is 11.1. The monoisotopic (exact) mass is 241 g/mol. The number of carbonyl (C=O) groups excluding carboxylic acids is 1. The van der Waals surface area contributed by atoms with Gasteiger partial charge in [-0.2, -0.15) is 16.9 Å². The molecule has 0 amide bonds. The quantitative estimate of drug-likeness (QED) is 0.736. The Bertz CT molecular complexity index is 376. The van der Waals surface area contributed by atoms with Crippen molar-refractivity contribution in [1.82, 2.24) is 9.78 Å². The molecule has 0 aliphatic heterocycles. The lowest BCUT2D eigenvalue weighted by Crippen LogP contribution is -2.33. The second kappa shape index (κ2) is 5.39. The summed E-state index contributed by atoms with van der Waals surface area (Å²) < 4.78 is 1.77. The van der Waals surface area contributed by atoms with Crippen molar-refractivity contribution in [2.75, 3.05) is 24.0 Å². The van der Waals surface area contributed by atoms with Crippen molar-refractivity contribution < 1.29 is 4.79 Å². The number of hydrogen-bond donors (Lipinski definition) is 0. The Morgan fingerprint density at radius 3 is 2.75 bits per heavy atom. The maximum Gasteiger partial charge on any atom is 0.155 e. The SMILES string of the molecule is CSCC(C)N(C)c1c(C=O)c(C)nn1C. The summed E-state index contributed by atoms with van der Waals surface area (Å²) in [6, 6.07) is 0.378. The van der Waals surface area contributed by atoms with Gasteiger partial charge in [0.25, 0.3) is 0 Å². The fourth-order valence-corrected chi connectivity index (χ4v) is 2.49. The summed E-state index contributed by atoms with van der Waals surface area (Å²) in [4.78, 5) is 13.2. The third kappa shape index (κ3) is 2.40. The van der Waals surface area contributed by atoms with Crippen LogP contribution in [-0.4, -0.2) is 41.2 Å². The molecular weight excluding hydrogens is 222 g/mol. The number of nitrogens with zero attached hydrogens (tertiary/aromatic N) is 3. The fourth-order valence-electron chi connectivity index (χ4n) is 1.78. The van der Waals surface area contributed by atoms with Crippen LogP contribution in [0.2, 0.25) is 0 Å². The Hall–Kier alpha value is -0.970. The average molecular weight is 241 g/mol. The van der Waals surface area contributed by atoms with Crippen LogP contribution >= 0.6 is 11.8 Å². The van der Waals surface area contributed by atoms with Crippen LogP contribution in [0, 0.1) is 6.92 Å². The van der Waals surface area contributed by atoms with Crippen molar-refractivity contribution in [3.63, 3.8) is 0 Å². The molecule has 4 nitrogen and oxygen atoms in total. The maximum atomic E-state index is 11.1. The Labute approximate surface area is 101 Å². The van der Waals surface area contributed by atoms with Crippen molar-refractivity contribution in [1.29, 1.82) is 0 Å². The summed E-state index contributed by atoms with van der Waals surface area (Å²) >= 11 is 1.80. The van der Waals surface area contributed by atoms with Gasteiger partial charge in [0.05, 0.1) is 11.3 Å². The Balaban J connectivity index is 3.06. The van der Waals surface area contributed by atoms with E-state index < -0.39 is 0 Å². The van der Waals surface area contributed by atoms with Crippen molar-refractivity contribution in [3.8, 4) is 0 Å². The smallest absolute Gasteiger partial charge is 0.155 e. The molecule has 5 heteroatoms. The number of aromatic nitrogens is 2. The predicted octanol–water partition coefficient (Wildman–Crippen LogP) is 1.73. The van der Waals surface area contributed by atoms with Gasteiger partial charge >= 0.3 is 0 Å². The van der Waals surface area contributed by atoms with E-state index in [1.54, 1.807) is 16.4 Å². The van der Waals surface area contributed by atoms with Crippen molar-refractivity contribution >= 4 is 23.9 Å². The van der Waals surface area contributed by atoms with Crippen molar-refractivity contribution in [2.24, 2.45) is 7.05 Å². The highest BCUT2D eigenvalue weighted by Gasteiger charge is 2.19. The summed E-state index contributed by atoms with van der Waals surface area (Å²) in [5, 5.41) is 4.28. The van der Waals surface area contributed by atoms with Crippen molar-refractivity contribution in [3.05, 3.63) is 11.3 Å². The molecule has 0 aromatic carbocycles. The largest absolute Gasteiger partial charge is 0.356 e. The molecule has 0 aliphatic carbocycles. The number of hydrogen-bond acceptors (Lipinski definition) is 4. The molecule has 0 radical (unpaired) electrons. The van der Waals surface area contributed by atoms with Gasteiger partial charge < -0.3 is 4.90 Å². The van der Waals surface area contributed by atoms with Crippen LogP contribution in [0.25, 0.3) is 0 Å². The van der Waals surface area contributed by atoms with E-state index in [4.69, 9.17) is 0 Å². The second-order valence-corrected chi connectivity index (χ2v) is 4.89. The van der Waals surface area contributed by atoms with E-state index in [1.807, 2.05) is 21.0 Å². The number of aldehydes is 1. The van der Waals surface area contributed by atoms with Gasteiger partial charge in [-0.05, 0) is 20.1 Å². The van der Waals surface area contributed by atoms with E-state index in [2.05, 4.69) is 23.2 Å². The predicted molar refractivity (Wildman–Crippen MR) is 69.6 cm³/mol. The molecule has 1 heterocycles. The lowest BCUT2D eigenvalue weighted by molar-refractivity contribution is 0.112. The summed E-state index contributed by atoms with van der Waals surface area (Å²) in [5.41, 5.74) is 1.48. The van der Waals surface area contributed by atoms with Crippen LogP contribution in [0.5, 0.6) is 0 Å². The molecule has 1 atom stereocenters. The zero-order chi connectivity index (χ0) is 12.3. The minimum Gasteiger partial charge on any atom is -0.356 e. The van der Waals surface area contributed by atoms with Crippen LogP contribution in [0.3, 0.4) is 0 Å². The van der Waals surface area contributed by atoms with E-state index in [9.17, 15) is 4.79 Å². The molecule has 0 fully saturated rings. The summed E-state index contributed by atoms with van der Waals surface area (Å²) in [7, 11) is 3.88. The number of anilines is 1. The molecule has 0 aliphatic rings.